The number of benzene rings is 9. The van der Waals surface area contributed by atoms with Gasteiger partial charge in [-0.2, -0.15) is 0 Å². The number of nitrogens with zero attached hydrogens (tertiary/aromatic N) is 2. The van der Waals surface area contributed by atoms with E-state index >= 15 is 0 Å². The molecule has 56 heavy (non-hydrogen) atoms. The third kappa shape index (κ3) is 5.42. The van der Waals surface area contributed by atoms with Crippen LogP contribution in [0, 0.1) is 0 Å². The molecule has 10 aromatic rings. The maximum Gasteiger partial charge on any atom is 0.160 e. The van der Waals surface area contributed by atoms with E-state index in [-0.39, 0.29) is 0 Å². The quantitative estimate of drug-likeness (QED) is 0.172. The molecule has 0 radical (unpaired) electrons. The number of aromatic nitrogens is 2. The van der Waals surface area contributed by atoms with Crippen molar-refractivity contribution in [3.8, 4) is 89.5 Å². The summed E-state index contributed by atoms with van der Waals surface area (Å²) in [7, 11) is 0. The molecule has 0 saturated heterocycles. The fourth-order valence-corrected chi connectivity index (χ4v) is 8.54. The lowest BCUT2D eigenvalue weighted by molar-refractivity contribution is 1.18. The summed E-state index contributed by atoms with van der Waals surface area (Å²) in [6, 6.07) is 74.0. The molecule has 1 aliphatic rings. The van der Waals surface area contributed by atoms with E-state index in [1.807, 2.05) is 12.1 Å². The average Bonchev–Trinajstić information content (AvgIpc) is 3.60. The summed E-state index contributed by atoms with van der Waals surface area (Å²) in [6.45, 7) is 0. The van der Waals surface area contributed by atoms with Crippen molar-refractivity contribution >= 4 is 21.5 Å². The van der Waals surface area contributed by atoms with Crippen LogP contribution in [0.15, 0.2) is 206 Å². The highest BCUT2D eigenvalue weighted by molar-refractivity contribution is 6.15. The molecule has 0 bridgehead atoms. The summed E-state index contributed by atoms with van der Waals surface area (Å²) in [5.41, 5.74) is 17.3. The molecule has 0 atom stereocenters. The molecule has 1 heterocycles. The van der Waals surface area contributed by atoms with Crippen LogP contribution in [-0.2, 0) is 0 Å². The SMILES string of the molecule is c1ccc(-c2cc(-c3ccccc3)nc(-c3ccc(-c4ccc5ccccc5c4-c4cccc(-c5ccc6c(c5)-c5cccc7cccc-6c57)c4)cc3)n2)cc1. The Labute approximate surface area is 326 Å². The number of rotatable bonds is 6. The first-order valence-electron chi connectivity index (χ1n) is 19.1. The standard InChI is InChI=1S/C54H34N2/c1-3-13-37(14-4-1)50-34-51(38-15-5-2-6-16-38)56-54(55-50)40-26-24-36(25-27-40)45-30-28-35-12-7-8-21-44(35)53(45)43-20-9-19-41(32-43)42-29-31-46-47-22-10-17-39-18-11-23-48(52(39)47)49(46)33-42/h1-34H. The minimum Gasteiger partial charge on any atom is -0.228 e. The van der Waals surface area contributed by atoms with Crippen LogP contribution in [0.3, 0.4) is 0 Å². The Morgan fingerprint density at radius 3 is 1.54 bits per heavy atom. The van der Waals surface area contributed by atoms with Gasteiger partial charge in [-0.25, -0.2) is 9.97 Å². The topological polar surface area (TPSA) is 25.8 Å². The first kappa shape index (κ1) is 32.0. The van der Waals surface area contributed by atoms with E-state index in [0.29, 0.717) is 5.82 Å². The van der Waals surface area contributed by atoms with Gasteiger partial charge in [-0.1, -0.05) is 188 Å². The van der Waals surface area contributed by atoms with Gasteiger partial charge in [0.25, 0.3) is 0 Å². The maximum absolute atomic E-state index is 5.08. The van der Waals surface area contributed by atoms with E-state index in [4.69, 9.17) is 9.97 Å². The summed E-state index contributed by atoms with van der Waals surface area (Å²) in [5, 5.41) is 5.10. The number of hydrogen-bond donors (Lipinski definition) is 0. The largest absolute Gasteiger partial charge is 0.228 e. The van der Waals surface area contributed by atoms with Gasteiger partial charge in [0.2, 0.25) is 0 Å². The molecule has 0 spiro atoms. The van der Waals surface area contributed by atoms with Gasteiger partial charge in [-0.3, -0.25) is 0 Å². The van der Waals surface area contributed by atoms with E-state index < -0.39 is 0 Å². The summed E-state index contributed by atoms with van der Waals surface area (Å²) in [4.78, 5) is 10.2. The molecule has 1 aliphatic carbocycles. The number of hydrogen-bond acceptors (Lipinski definition) is 2. The Bertz CT molecular complexity index is 3050. The molecule has 0 aliphatic heterocycles. The van der Waals surface area contributed by atoms with Gasteiger partial charge in [0, 0.05) is 16.7 Å². The van der Waals surface area contributed by atoms with Gasteiger partial charge in [0.1, 0.15) is 0 Å². The smallest absolute Gasteiger partial charge is 0.160 e. The molecular formula is C54H34N2. The van der Waals surface area contributed by atoms with Crippen molar-refractivity contribution in [2.24, 2.45) is 0 Å². The molecule has 0 amide bonds. The van der Waals surface area contributed by atoms with Crippen molar-refractivity contribution in [2.75, 3.05) is 0 Å². The van der Waals surface area contributed by atoms with Crippen molar-refractivity contribution in [3.05, 3.63) is 206 Å². The normalized spacial score (nSPS) is 11.6. The Morgan fingerprint density at radius 2 is 0.804 bits per heavy atom. The van der Waals surface area contributed by atoms with Gasteiger partial charge >= 0.3 is 0 Å². The van der Waals surface area contributed by atoms with Gasteiger partial charge in [0.15, 0.2) is 5.82 Å². The lowest BCUT2D eigenvalue weighted by Gasteiger charge is -2.16. The molecule has 0 saturated carbocycles. The molecule has 1 aromatic heterocycles. The van der Waals surface area contributed by atoms with E-state index in [2.05, 4.69) is 194 Å². The second-order valence-corrected chi connectivity index (χ2v) is 14.5. The van der Waals surface area contributed by atoms with Crippen LogP contribution in [0.4, 0.5) is 0 Å². The molecule has 0 fully saturated rings. The highest BCUT2D eigenvalue weighted by Crippen LogP contribution is 2.48. The zero-order chi connectivity index (χ0) is 37.0. The van der Waals surface area contributed by atoms with Crippen molar-refractivity contribution in [1.29, 1.82) is 0 Å². The molecule has 2 heteroatoms. The van der Waals surface area contributed by atoms with Crippen molar-refractivity contribution < 1.29 is 0 Å². The lowest BCUT2D eigenvalue weighted by Crippen LogP contribution is -1.96. The van der Waals surface area contributed by atoms with Gasteiger partial charge < -0.3 is 0 Å². The second kappa shape index (κ2) is 13.2. The molecule has 0 unspecified atom stereocenters. The average molecular weight is 711 g/mol. The fourth-order valence-electron chi connectivity index (χ4n) is 8.54. The molecule has 11 rings (SSSR count). The van der Waals surface area contributed by atoms with Crippen LogP contribution >= 0.6 is 0 Å². The van der Waals surface area contributed by atoms with Gasteiger partial charge in [-0.05, 0) is 95.4 Å². The maximum atomic E-state index is 5.08. The lowest BCUT2D eigenvalue weighted by atomic mass is 9.88. The third-order valence-electron chi connectivity index (χ3n) is 11.2. The summed E-state index contributed by atoms with van der Waals surface area (Å²) < 4.78 is 0. The minimum atomic E-state index is 0.705. The zero-order valence-electron chi connectivity index (χ0n) is 30.5. The molecule has 260 valence electrons. The van der Waals surface area contributed by atoms with E-state index in [9.17, 15) is 0 Å². The van der Waals surface area contributed by atoms with Crippen LogP contribution in [0.5, 0.6) is 0 Å². The molecular weight excluding hydrogens is 677 g/mol. The van der Waals surface area contributed by atoms with Crippen LogP contribution in [-0.4, -0.2) is 9.97 Å². The number of fused-ring (bicyclic) bond motifs is 4. The predicted octanol–water partition coefficient (Wildman–Crippen LogP) is 14.4. The van der Waals surface area contributed by atoms with Crippen LogP contribution in [0.2, 0.25) is 0 Å². The van der Waals surface area contributed by atoms with Crippen molar-refractivity contribution in [2.45, 2.75) is 0 Å². The Balaban J connectivity index is 1.00. The Kier molecular flexibility index (Phi) is 7.53. The van der Waals surface area contributed by atoms with Gasteiger partial charge in [-0.15, -0.1) is 0 Å². The van der Waals surface area contributed by atoms with E-state index in [0.717, 1.165) is 33.6 Å². The monoisotopic (exact) mass is 710 g/mol. The first-order valence-corrected chi connectivity index (χ1v) is 19.1. The molecule has 2 nitrogen and oxygen atoms in total. The van der Waals surface area contributed by atoms with Crippen LogP contribution < -0.4 is 0 Å². The summed E-state index contributed by atoms with van der Waals surface area (Å²) in [6.07, 6.45) is 0. The predicted molar refractivity (Wildman–Crippen MR) is 234 cm³/mol. The van der Waals surface area contributed by atoms with E-state index in [1.54, 1.807) is 0 Å². The van der Waals surface area contributed by atoms with Crippen molar-refractivity contribution in [3.63, 3.8) is 0 Å². The summed E-state index contributed by atoms with van der Waals surface area (Å²) >= 11 is 0. The molecule has 9 aromatic carbocycles. The fraction of sp³-hybridized carbons (Fsp3) is 0. The van der Waals surface area contributed by atoms with Gasteiger partial charge in [0.05, 0.1) is 11.4 Å². The van der Waals surface area contributed by atoms with Crippen molar-refractivity contribution in [1.82, 2.24) is 9.97 Å². The van der Waals surface area contributed by atoms with E-state index in [1.165, 1.54) is 71.6 Å². The molecule has 0 N–H and O–H groups in total. The Morgan fingerprint density at radius 1 is 0.268 bits per heavy atom. The third-order valence-corrected chi connectivity index (χ3v) is 11.2. The highest BCUT2D eigenvalue weighted by atomic mass is 14.9. The second-order valence-electron chi connectivity index (χ2n) is 14.5. The van der Waals surface area contributed by atoms with Crippen LogP contribution in [0.1, 0.15) is 0 Å². The summed E-state index contributed by atoms with van der Waals surface area (Å²) in [5.74, 6) is 0.705. The highest BCUT2D eigenvalue weighted by Gasteiger charge is 2.22. The zero-order valence-corrected chi connectivity index (χ0v) is 30.5. The van der Waals surface area contributed by atoms with Crippen LogP contribution in [0.25, 0.3) is 111 Å². The minimum absolute atomic E-state index is 0.705. The first-order chi connectivity index (χ1) is 27.7. The Hall–Kier alpha value is -7.42.